The molecule has 1 saturated carbocycles. The second-order valence-corrected chi connectivity index (χ2v) is 6.02. The molecule has 1 aromatic carbocycles. The number of ether oxygens (including phenoxy) is 2. The van der Waals surface area contributed by atoms with Crippen LogP contribution in [-0.4, -0.2) is 19.8 Å². The zero-order chi connectivity index (χ0) is 14.5. The van der Waals surface area contributed by atoms with Crippen molar-refractivity contribution in [2.75, 3.05) is 13.7 Å². The molecule has 2 rings (SSSR count). The van der Waals surface area contributed by atoms with Crippen LogP contribution in [0.1, 0.15) is 38.7 Å². The lowest BCUT2D eigenvalue weighted by atomic mass is 9.80. The van der Waals surface area contributed by atoms with Gasteiger partial charge in [0.05, 0.1) is 13.2 Å². The number of hydrogen-bond donors (Lipinski definition) is 1. The molecule has 0 radical (unpaired) electrons. The highest BCUT2D eigenvalue weighted by Gasteiger charge is 2.26. The SMILES string of the molecule is COc1ccc(CCN)c(OC2CCC(C)C(C)C2)c1. The van der Waals surface area contributed by atoms with E-state index in [0.717, 1.165) is 42.6 Å². The molecule has 20 heavy (non-hydrogen) atoms. The van der Waals surface area contributed by atoms with Crippen molar-refractivity contribution in [2.24, 2.45) is 17.6 Å². The van der Waals surface area contributed by atoms with Gasteiger partial charge in [0.25, 0.3) is 0 Å². The first-order valence-corrected chi connectivity index (χ1v) is 7.67. The first-order valence-electron chi connectivity index (χ1n) is 7.67. The molecule has 1 aliphatic carbocycles. The monoisotopic (exact) mass is 277 g/mol. The van der Waals surface area contributed by atoms with E-state index in [-0.39, 0.29) is 0 Å². The molecule has 112 valence electrons. The molecule has 0 heterocycles. The van der Waals surface area contributed by atoms with Gasteiger partial charge in [-0.2, -0.15) is 0 Å². The fourth-order valence-electron chi connectivity index (χ4n) is 2.92. The van der Waals surface area contributed by atoms with Crippen molar-refractivity contribution in [3.05, 3.63) is 23.8 Å². The van der Waals surface area contributed by atoms with Crippen LogP contribution in [0.5, 0.6) is 11.5 Å². The van der Waals surface area contributed by atoms with Crippen LogP contribution in [0.2, 0.25) is 0 Å². The number of benzene rings is 1. The summed E-state index contributed by atoms with van der Waals surface area (Å²) in [6, 6.07) is 6.03. The van der Waals surface area contributed by atoms with Crippen molar-refractivity contribution in [2.45, 2.75) is 45.6 Å². The minimum atomic E-state index is 0.324. The molecule has 1 aliphatic rings. The zero-order valence-electron chi connectivity index (χ0n) is 12.9. The van der Waals surface area contributed by atoms with E-state index >= 15 is 0 Å². The molecule has 0 aromatic heterocycles. The Morgan fingerprint density at radius 1 is 1.20 bits per heavy atom. The number of methoxy groups -OCH3 is 1. The summed E-state index contributed by atoms with van der Waals surface area (Å²) in [5.74, 6) is 3.33. The fourth-order valence-corrected chi connectivity index (χ4v) is 2.92. The van der Waals surface area contributed by atoms with Crippen molar-refractivity contribution in [1.82, 2.24) is 0 Å². The molecule has 0 bridgehead atoms. The summed E-state index contributed by atoms with van der Waals surface area (Å²) in [6.45, 7) is 5.31. The summed E-state index contributed by atoms with van der Waals surface area (Å²) >= 11 is 0. The second kappa shape index (κ2) is 6.98. The van der Waals surface area contributed by atoms with Gasteiger partial charge in [0.2, 0.25) is 0 Å². The topological polar surface area (TPSA) is 44.5 Å². The maximum Gasteiger partial charge on any atom is 0.126 e. The van der Waals surface area contributed by atoms with Crippen LogP contribution in [0.15, 0.2) is 18.2 Å². The van der Waals surface area contributed by atoms with Gasteiger partial charge in [0, 0.05) is 6.07 Å². The highest BCUT2D eigenvalue weighted by atomic mass is 16.5. The maximum absolute atomic E-state index is 6.26. The molecule has 3 heteroatoms. The van der Waals surface area contributed by atoms with Crippen LogP contribution >= 0.6 is 0 Å². The Balaban J connectivity index is 2.10. The van der Waals surface area contributed by atoms with Gasteiger partial charge in [0.15, 0.2) is 0 Å². The van der Waals surface area contributed by atoms with Crippen LogP contribution in [0.25, 0.3) is 0 Å². The number of hydrogen-bond acceptors (Lipinski definition) is 3. The van der Waals surface area contributed by atoms with E-state index in [1.165, 1.54) is 12.0 Å². The Hall–Kier alpha value is -1.22. The quantitative estimate of drug-likeness (QED) is 0.897. The molecule has 0 amide bonds. The summed E-state index contributed by atoms with van der Waals surface area (Å²) in [6.07, 6.45) is 4.70. The van der Waals surface area contributed by atoms with E-state index in [1.807, 2.05) is 12.1 Å². The lowest BCUT2D eigenvalue weighted by molar-refractivity contribution is 0.0995. The smallest absolute Gasteiger partial charge is 0.126 e. The van der Waals surface area contributed by atoms with E-state index in [4.69, 9.17) is 15.2 Å². The van der Waals surface area contributed by atoms with Gasteiger partial charge < -0.3 is 15.2 Å². The minimum absolute atomic E-state index is 0.324. The molecular formula is C17H27NO2. The van der Waals surface area contributed by atoms with Crippen LogP contribution in [0, 0.1) is 11.8 Å². The van der Waals surface area contributed by atoms with Gasteiger partial charge in [-0.15, -0.1) is 0 Å². The number of nitrogens with two attached hydrogens (primary N) is 1. The van der Waals surface area contributed by atoms with Crippen molar-refractivity contribution < 1.29 is 9.47 Å². The Kier molecular flexibility index (Phi) is 5.30. The van der Waals surface area contributed by atoms with Gasteiger partial charge in [-0.25, -0.2) is 0 Å². The fraction of sp³-hybridized carbons (Fsp3) is 0.647. The molecule has 3 nitrogen and oxygen atoms in total. The van der Waals surface area contributed by atoms with Gasteiger partial charge in [-0.05, 0) is 55.7 Å². The second-order valence-electron chi connectivity index (χ2n) is 6.02. The van der Waals surface area contributed by atoms with Gasteiger partial charge in [-0.3, -0.25) is 0 Å². The molecular weight excluding hydrogens is 250 g/mol. The third-order valence-corrected chi connectivity index (χ3v) is 4.53. The predicted molar refractivity (Wildman–Crippen MR) is 82.3 cm³/mol. The zero-order valence-corrected chi connectivity index (χ0v) is 12.9. The first-order chi connectivity index (χ1) is 9.63. The standard InChI is InChI=1S/C17H27NO2/c1-12-4-6-16(10-13(12)2)20-17-11-15(19-3)7-5-14(17)8-9-18/h5,7,11-13,16H,4,6,8-10,18H2,1-3H3. The lowest BCUT2D eigenvalue weighted by Gasteiger charge is -2.32. The van der Waals surface area contributed by atoms with Crippen LogP contribution in [0.4, 0.5) is 0 Å². The minimum Gasteiger partial charge on any atom is -0.497 e. The van der Waals surface area contributed by atoms with E-state index in [2.05, 4.69) is 19.9 Å². The lowest BCUT2D eigenvalue weighted by Crippen LogP contribution is -2.29. The molecule has 1 fully saturated rings. The van der Waals surface area contributed by atoms with Gasteiger partial charge in [0.1, 0.15) is 11.5 Å². The van der Waals surface area contributed by atoms with Gasteiger partial charge >= 0.3 is 0 Å². The molecule has 3 unspecified atom stereocenters. The van der Waals surface area contributed by atoms with E-state index < -0.39 is 0 Å². The van der Waals surface area contributed by atoms with Crippen molar-refractivity contribution in [3.63, 3.8) is 0 Å². The van der Waals surface area contributed by atoms with E-state index in [9.17, 15) is 0 Å². The van der Waals surface area contributed by atoms with Crippen molar-refractivity contribution in [1.29, 1.82) is 0 Å². The largest absolute Gasteiger partial charge is 0.497 e. The Bertz CT molecular complexity index is 433. The van der Waals surface area contributed by atoms with Crippen molar-refractivity contribution >= 4 is 0 Å². The summed E-state index contributed by atoms with van der Waals surface area (Å²) in [5.41, 5.74) is 6.87. The third-order valence-electron chi connectivity index (χ3n) is 4.53. The molecule has 0 aliphatic heterocycles. The van der Waals surface area contributed by atoms with Crippen LogP contribution < -0.4 is 15.2 Å². The van der Waals surface area contributed by atoms with E-state index in [1.54, 1.807) is 7.11 Å². The van der Waals surface area contributed by atoms with Crippen molar-refractivity contribution in [3.8, 4) is 11.5 Å². The average molecular weight is 277 g/mol. The molecule has 0 saturated heterocycles. The van der Waals surface area contributed by atoms with Gasteiger partial charge in [-0.1, -0.05) is 19.9 Å². The number of rotatable bonds is 5. The summed E-state index contributed by atoms with van der Waals surface area (Å²) in [7, 11) is 1.69. The molecule has 2 N–H and O–H groups in total. The van der Waals surface area contributed by atoms with E-state index in [0.29, 0.717) is 12.6 Å². The van der Waals surface area contributed by atoms with Crippen LogP contribution in [0.3, 0.4) is 0 Å². The highest BCUT2D eigenvalue weighted by molar-refractivity contribution is 5.41. The summed E-state index contributed by atoms with van der Waals surface area (Å²) < 4.78 is 11.6. The first kappa shape index (κ1) is 15.2. The maximum atomic E-state index is 6.26. The Morgan fingerprint density at radius 2 is 2.00 bits per heavy atom. The Labute approximate surface area is 122 Å². The predicted octanol–water partition coefficient (Wildman–Crippen LogP) is 3.40. The summed E-state index contributed by atoms with van der Waals surface area (Å²) in [5, 5.41) is 0. The normalized spacial score (nSPS) is 26.3. The average Bonchev–Trinajstić information content (AvgIpc) is 2.45. The van der Waals surface area contributed by atoms with Crippen LogP contribution in [-0.2, 0) is 6.42 Å². The third kappa shape index (κ3) is 3.66. The summed E-state index contributed by atoms with van der Waals surface area (Å²) in [4.78, 5) is 0. The molecule has 1 aromatic rings. The molecule has 0 spiro atoms. The highest BCUT2D eigenvalue weighted by Crippen LogP contribution is 2.34. The molecule has 3 atom stereocenters. The Morgan fingerprint density at radius 3 is 2.65 bits per heavy atom.